The molecule has 1 aromatic heterocycles. The van der Waals surface area contributed by atoms with Crippen molar-refractivity contribution < 1.29 is 23.0 Å². The Bertz CT molecular complexity index is 1290. The van der Waals surface area contributed by atoms with Crippen LogP contribution in [0, 0.1) is 11.6 Å². The van der Waals surface area contributed by atoms with Gasteiger partial charge in [0.2, 0.25) is 0 Å². The largest absolute Gasteiger partial charge is 0.491 e. The number of hydrogen-bond donors (Lipinski definition) is 2. The SMILES string of the molecule is C=C(Cl)C(=O)Nc1cc2c(Nc3ccc(F)c(Cl)c3F)ncnc2cc1OCCCN1CCOCC1. The van der Waals surface area contributed by atoms with Crippen molar-refractivity contribution in [1.29, 1.82) is 0 Å². The summed E-state index contributed by atoms with van der Waals surface area (Å²) in [7, 11) is 0. The van der Waals surface area contributed by atoms with Crippen LogP contribution in [0.4, 0.5) is 26.0 Å². The Kier molecular flexibility index (Phi) is 8.52. The number of anilines is 3. The molecule has 36 heavy (non-hydrogen) atoms. The number of amides is 1. The molecule has 2 heterocycles. The van der Waals surface area contributed by atoms with Gasteiger partial charge in [0.25, 0.3) is 5.91 Å². The van der Waals surface area contributed by atoms with Crippen molar-refractivity contribution in [3.63, 3.8) is 0 Å². The van der Waals surface area contributed by atoms with E-state index < -0.39 is 22.6 Å². The normalized spacial score (nSPS) is 14.0. The highest BCUT2D eigenvalue weighted by molar-refractivity contribution is 6.43. The lowest BCUT2D eigenvalue weighted by atomic mass is 10.1. The molecule has 0 spiro atoms. The third-order valence-electron chi connectivity index (χ3n) is 5.50. The molecule has 8 nitrogen and oxygen atoms in total. The van der Waals surface area contributed by atoms with Crippen LogP contribution in [0.2, 0.25) is 5.02 Å². The molecule has 0 saturated carbocycles. The fourth-order valence-corrected chi connectivity index (χ4v) is 3.85. The van der Waals surface area contributed by atoms with Crippen LogP contribution in [0.1, 0.15) is 6.42 Å². The zero-order valence-corrected chi connectivity index (χ0v) is 20.6. The van der Waals surface area contributed by atoms with Crippen LogP contribution in [0.15, 0.2) is 42.2 Å². The van der Waals surface area contributed by atoms with Gasteiger partial charge in [-0.25, -0.2) is 18.7 Å². The van der Waals surface area contributed by atoms with Gasteiger partial charge in [0.15, 0.2) is 5.82 Å². The average molecular weight is 538 g/mol. The van der Waals surface area contributed by atoms with Gasteiger partial charge >= 0.3 is 0 Å². The van der Waals surface area contributed by atoms with E-state index in [0.717, 1.165) is 32.1 Å². The molecule has 1 aliphatic heterocycles. The fraction of sp³-hybridized carbons (Fsp3) is 0.292. The number of hydrogen-bond acceptors (Lipinski definition) is 7. The Labute approximate surface area is 216 Å². The van der Waals surface area contributed by atoms with E-state index in [4.69, 9.17) is 32.7 Å². The summed E-state index contributed by atoms with van der Waals surface area (Å²) >= 11 is 11.5. The lowest BCUT2D eigenvalue weighted by Gasteiger charge is -2.26. The van der Waals surface area contributed by atoms with Crippen molar-refractivity contribution in [2.45, 2.75) is 6.42 Å². The summed E-state index contributed by atoms with van der Waals surface area (Å²) in [4.78, 5) is 23.0. The third-order valence-corrected chi connectivity index (χ3v) is 6.02. The summed E-state index contributed by atoms with van der Waals surface area (Å²) in [5.74, 6) is -1.88. The second-order valence-electron chi connectivity index (χ2n) is 7.95. The van der Waals surface area contributed by atoms with Crippen LogP contribution in [-0.4, -0.2) is 60.2 Å². The number of carbonyl (C=O) groups is 1. The second kappa shape index (κ2) is 11.8. The summed E-state index contributed by atoms with van der Waals surface area (Å²) in [6, 6.07) is 5.46. The van der Waals surface area contributed by atoms with Gasteiger partial charge in [-0.1, -0.05) is 29.8 Å². The van der Waals surface area contributed by atoms with Crippen LogP contribution in [-0.2, 0) is 9.53 Å². The van der Waals surface area contributed by atoms with Gasteiger partial charge in [0, 0.05) is 31.1 Å². The first-order valence-corrected chi connectivity index (χ1v) is 11.9. The van der Waals surface area contributed by atoms with Crippen LogP contribution >= 0.6 is 23.2 Å². The maximum atomic E-state index is 14.5. The molecule has 0 atom stereocenters. The Morgan fingerprint density at radius 1 is 1.19 bits per heavy atom. The predicted octanol–water partition coefficient (Wildman–Crippen LogP) is 5.10. The van der Waals surface area contributed by atoms with Crippen LogP contribution in [0.5, 0.6) is 5.75 Å². The average Bonchev–Trinajstić information content (AvgIpc) is 2.88. The molecular formula is C24H23Cl2F2N5O3. The van der Waals surface area contributed by atoms with E-state index in [1.807, 2.05) is 0 Å². The number of aromatic nitrogens is 2. The van der Waals surface area contributed by atoms with E-state index in [1.165, 1.54) is 12.4 Å². The Hall–Kier alpha value is -3.05. The smallest absolute Gasteiger partial charge is 0.266 e. The number of nitrogens with one attached hydrogen (secondary N) is 2. The van der Waals surface area contributed by atoms with E-state index in [2.05, 4.69) is 32.1 Å². The number of halogens is 4. The van der Waals surface area contributed by atoms with Gasteiger partial charge in [-0.2, -0.15) is 0 Å². The number of fused-ring (bicyclic) bond motifs is 1. The van der Waals surface area contributed by atoms with Crippen LogP contribution in [0.25, 0.3) is 10.9 Å². The van der Waals surface area contributed by atoms with E-state index in [0.29, 0.717) is 42.2 Å². The van der Waals surface area contributed by atoms with Gasteiger partial charge in [-0.3, -0.25) is 9.69 Å². The maximum absolute atomic E-state index is 14.5. The van der Waals surface area contributed by atoms with Gasteiger partial charge in [0.05, 0.1) is 41.7 Å². The molecule has 0 unspecified atom stereocenters. The lowest BCUT2D eigenvalue weighted by Crippen LogP contribution is -2.37. The van der Waals surface area contributed by atoms with E-state index in [-0.39, 0.29) is 16.5 Å². The van der Waals surface area contributed by atoms with Crippen molar-refractivity contribution in [2.75, 3.05) is 50.1 Å². The predicted molar refractivity (Wildman–Crippen MR) is 135 cm³/mol. The topological polar surface area (TPSA) is 88.6 Å². The molecular weight excluding hydrogens is 515 g/mol. The van der Waals surface area contributed by atoms with Crippen molar-refractivity contribution >= 4 is 57.2 Å². The first-order valence-electron chi connectivity index (χ1n) is 11.1. The number of rotatable bonds is 9. The van der Waals surface area contributed by atoms with Crippen LogP contribution in [0.3, 0.4) is 0 Å². The molecule has 1 fully saturated rings. The minimum absolute atomic E-state index is 0.0791. The molecule has 1 aliphatic rings. The summed E-state index contributed by atoms with van der Waals surface area (Å²) in [6.07, 6.45) is 2.05. The molecule has 2 aromatic carbocycles. The first kappa shape index (κ1) is 26.0. The van der Waals surface area contributed by atoms with Gasteiger partial charge in [-0.05, 0) is 24.6 Å². The Balaban J connectivity index is 1.60. The second-order valence-corrected chi connectivity index (χ2v) is 8.78. The molecule has 12 heteroatoms. The first-order chi connectivity index (χ1) is 17.3. The molecule has 190 valence electrons. The number of nitrogens with zero attached hydrogens (tertiary/aromatic N) is 3. The van der Waals surface area contributed by atoms with Crippen LogP contribution < -0.4 is 15.4 Å². The summed E-state index contributed by atoms with van der Waals surface area (Å²) in [5.41, 5.74) is 0.688. The third kappa shape index (κ3) is 6.19. The van der Waals surface area contributed by atoms with Gasteiger partial charge in [-0.15, -0.1) is 0 Å². The van der Waals surface area contributed by atoms with Gasteiger partial charge in [0.1, 0.15) is 28.7 Å². The molecule has 1 amide bonds. The van der Waals surface area contributed by atoms with Crippen molar-refractivity contribution in [2.24, 2.45) is 0 Å². The minimum Gasteiger partial charge on any atom is -0.491 e. The zero-order chi connectivity index (χ0) is 25.7. The number of ether oxygens (including phenoxy) is 2. The highest BCUT2D eigenvalue weighted by Gasteiger charge is 2.17. The highest BCUT2D eigenvalue weighted by atomic mass is 35.5. The van der Waals surface area contributed by atoms with E-state index >= 15 is 0 Å². The fourth-order valence-electron chi connectivity index (χ4n) is 3.64. The Morgan fingerprint density at radius 3 is 2.72 bits per heavy atom. The number of carbonyl (C=O) groups excluding carboxylic acids is 1. The quantitative estimate of drug-likeness (QED) is 0.223. The maximum Gasteiger partial charge on any atom is 0.266 e. The standard InChI is InChI=1S/C24H23Cl2F2N5O3/c1-14(25)24(34)32-19-11-15-18(12-20(19)36-8-2-5-33-6-9-35-10-7-33)29-13-30-23(15)31-17-4-3-16(27)21(26)22(17)28/h3-4,11-13H,1-2,5-10H2,(H,32,34)(H,29,30,31). The summed E-state index contributed by atoms with van der Waals surface area (Å²) in [6.45, 7) is 7.87. The molecule has 0 aliphatic carbocycles. The van der Waals surface area contributed by atoms with E-state index in [9.17, 15) is 13.6 Å². The molecule has 0 bridgehead atoms. The van der Waals surface area contributed by atoms with Crippen molar-refractivity contribution in [3.05, 3.63) is 58.9 Å². The lowest BCUT2D eigenvalue weighted by molar-refractivity contribution is -0.112. The molecule has 0 radical (unpaired) electrons. The van der Waals surface area contributed by atoms with Crippen molar-refractivity contribution in [3.8, 4) is 5.75 Å². The summed E-state index contributed by atoms with van der Waals surface area (Å²) in [5, 5.41) is 5.06. The summed E-state index contributed by atoms with van der Waals surface area (Å²) < 4.78 is 39.4. The molecule has 1 saturated heterocycles. The van der Waals surface area contributed by atoms with E-state index in [1.54, 1.807) is 12.1 Å². The molecule has 2 N–H and O–H groups in total. The zero-order valence-electron chi connectivity index (χ0n) is 19.1. The highest BCUT2D eigenvalue weighted by Crippen LogP contribution is 2.35. The van der Waals surface area contributed by atoms with Crippen molar-refractivity contribution in [1.82, 2.24) is 14.9 Å². The molecule has 3 aromatic rings. The Morgan fingerprint density at radius 2 is 1.97 bits per heavy atom. The molecule has 4 rings (SSSR count). The number of morpholine rings is 1. The number of benzene rings is 2. The van der Waals surface area contributed by atoms with Gasteiger partial charge < -0.3 is 20.1 Å². The monoisotopic (exact) mass is 537 g/mol. The minimum atomic E-state index is -0.962.